The molecular weight excluding hydrogens is 192 g/mol. The number of rotatable bonds is 8. The van der Waals surface area contributed by atoms with Crippen molar-refractivity contribution in [2.75, 3.05) is 19.7 Å². The fraction of sp³-hybridized carbons (Fsp3) is 0.909. The lowest BCUT2D eigenvalue weighted by Gasteiger charge is -2.08. The van der Waals surface area contributed by atoms with Crippen LogP contribution in [0.1, 0.15) is 32.6 Å². The number of hydrogen-bond acceptors (Lipinski definition) is 3. The molecule has 88 valence electrons. The van der Waals surface area contributed by atoms with Crippen LogP contribution in [0.15, 0.2) is 0 Å². The minimum atomic E-state index is 0.0820. The van der Waals surface area contributed by atoms with Crippen LogP contribution in [0.2, 0.25) is 0 Å². The molecule has 1 fully saturated rings. The van der Waals surface area contributed by atoms with Crippen LogP contribution < -0.4 is 10.6 Å². The van der Waals surface area contributed by atoms with Gasteiger partial charge < -0.3 is 15.7 Å². The van der Waals surface area contributed by atoms with Gasteiger partial charge in [-0.25, -0.2) is 0 Å². The van der Waals surface area contributed by atoms with Crippen molar-refractivity contribution in [2.24, 2.45) is 5.92 Å². The van der Waals surface area contributed by atoms with E-state index in [1.165, 1.54) is 12.8 Å². The van der Waals surface area contributed by atoms with Gasteiger partial charge in [0.25, 0.3) is 0 Å². The summed E-state index contributed by atoms with van der Waals surface area (Å²) in [5.74, 6) is 0.421. The van der Waals surface area contributed by atoms with E-state index in [0.717, 1.165) is 19.4 Å². The summed E-state index contributed by atoms with van der Waals surface area (Å²) in [6.07, 6.45) is 4.33. The van der Waals surface area contributed by atoms with E-state index >= 15 is 0 Å². The average molecular weight is 214 g/mol. The van der Waals surface area contributed by atoms with E-state index in [1.54, 1.807) is 0 Å². The van der Waals surface area contributed by atoms with Crippen LogP contribution >= 0.6 is 0 Å². The minimum Gasteiger partial charge on any atom is -0.396 e. The molecule has 4 nitrogen and oxygen atoms in total. The van der Waals surface area contributed by atoms with Gasteiger partial charge in [-0.1, -0.05) is 6.92 Å². The van der Waals surface area contributed by atoms with Gasteiger partial charge in [0.2, 0.25) is 5.91 Å². The lowest BCUT2D eigenvalue weighted by atomic mass is 10.1. The monoisotopic (exact) mass is 214 g/mol. The molecule has 1 amide bonds. The Morgan fingerprint density at radius 3 is 2.87 bits per heavy atom. The second-order valence-corrected chi connectivity index (χ2v) is 4.44. The van der Waals surface area contributed by atoms with Crippen molar-refractivity contribution >= 4 is 5.91 Å². The summed E-state index contributed by atoms with van der Waals surface area (Å²) >= 11 is 0. The predicted molar refractivity (Wildman–Crippen MR) is 59.5 cm³/mol. The first-order valence-corrected chi connectivity index (χ1v) is 5.83. The summed E-state index contributed by atoms with van der Waals surface area (Å²) in [7, 11) is 0. The summed E-state index contributed by atoms with van der Waals surface area (Å²) in [6, 6.07) is 0.588. The molecule has 0 radical (unpaired) electrons. The molecule has 0 bridgehead atoms. The zero-order chi connectivity index (χ0) is 11.1. The van der Waals surface area contributed by atoms with Gasteiger partial charge in [-0.3, -0.25) is 4.79 Å². The van der Waals surface area contributed by atoms with E-state index < -0.39 is 0 Å². The topological polar surface area (TPSA) is 61.4 Å². The zero-order valence-electron chi connectivity index (χ0n) is 9.46. The van der Waals surface area contributed by atoms with Gasteiger partial charge in [0.15, 0.2) is 0 Å². The lowest BCUT2D eigenvalue weighted by Crippen LogP contribution is -2.35. The molecule has 0 aromatic heterocycles. The van der Waals surface area contributed by atoms with Crippen LogP contribution in [-0.2, 0) is 4.79 Å². The van der Waals surface area contributed by atoms with Gasteiger partial charge in [-0.2, -0.15) is 0 Å². The van der Waals surface area contributed by atoms with Gasteiger partial charge >= 0.3 is 0 Å². The number of aliphatic hydroxyl groups excluding tert-OH is 1. The SMILES string of the molecule is CC(CO)CCCNC(=O)CNC1CC1. The Bertz CT molecular complexity index is 193. The van der Waals surface area contributed by atoms with Gasteiger partial charge in [0, 0.05) is 19.2 Å². The first kappa shape index (κ1) is 12.5. The third-order valence-electron chi connectivity index (χ3n) is 2.64. The molecule has 4 heteroatoms. The fourth-order valence-electron chi connectivity index (χ4n) is 1.36. The zero-order valence-corrected chi connectivity index (χ0v) is 9.46. The van der Waals surface area contributed by atoms with Crippen molar-refractivity contribution in [3.8, 4) is 0 Å². The smallest absolute Gasteiger partial charge is 0.233 e. The molecule has 1 aliphatic rings. The van der Waals surface area contributed by atoms with Crippen LogP contribution in [0.3, 0.4) is 0 Å². The summed E-state index contributed by atoms with van der Waals surface area (Å²) in [5.41, 5.74) is 0. The summed E-state index contributed by atoms with van der Waals surface area (Å²) in [4.78, 5) is 11.3. The Kier molecular flexibility index (Phi) is 5.65. The van der Waals surface area contributed by atoms with Crippen molar-refractivity contribution in [1.82, 2.24) is 10.6 Å². The highest BCUT2D eigenvalue weighted by Crippen LogP contribution is 2.17. The predicted octanol–water partition coefficient (Wildman–Crippen LogP) is 0.263. The molecule has 1 rings (SSSR count). The van der Waals surface area contributed by atoms with Gasteiger partial charge in [-0.15, -0.1) is 0 Å². The third kappa shape index (κ3) is 6.47. The first-order chi connectivity index (χ1) is 7.22. The highest BCUT2D eigenvalue weighted by atomic mass is 16.3. The number of aliphatic hydroxyl groups is 1. The number of hydrogen-bond donors (Lipinski definition) is 3. The van der Waals surface area contributed by atoms with Crippen molar-refractivity contribution < 1.29 is 9.90 Å². The quantitative estimate of drug-likeness (QED) is 0.508. The lowest BCUT2D eigenvalue weighted by molar-refractivity contribution is -0.120. The standard InChI is InChI=1S/C11H22N2O2/c1-9(8-14)3-2-6-12-11(15)7-13-10-4-5-10/h9-10,13-14H,2-8H2,1H3,(H,12,15). The van der Waals surface area contributed by atoms with E-state index in [2.05, 4.69) is 10.6 Å². The van der Waals surface area contributed by atoms with Crippen LogP contribution in [0.25, 0.3) is 0 Å². The highest BCUT2D eigenvalue weighted by molar-refractivity contribution is 5.77. The van der Waals surface area contributed by atoms with Gasteiger partial charge in [0.05, 0.1) is 6.54 Å². The van der Waals surface area contributed by atoms with E-state index in [0.29, 0.717) is 18.5 Å². The molecule has 3 N–H and O–H groups in total. The van der Waals surface area contributed by atoms with E-state index in [4.69, 9.17) is 5.11 Å². The van der Waals surface area contributed by atoms with Crippen molar-refractivity contribution in [2.45, 2.75) is 38.6 Å². The Labute approximate surface area is 91.4 Å². The van der Waals surface area contributed by atoms with Crippen LogP contribution in [-0.4, -0.2) is 36.8 Å². The first-order valence-electron chi connectivity index (χ1n) is 5.83. The number of amides is 1. The molecule has 0 heterocycles. The molecule has 0 aromatic rings. The van der Waals surface area contributed by atoms with Crippen molar-refractivity contribution in [3.05, 3.63) is 0 Å². The van der Waals surface area contributed by atoms with Crippen molar-refractivity contribution in [1.29, 1.82) is 0 Å². The van der Waals surface area contributed by atoms with Gasteiger partial charge in [0.1, 0.15) is 0 Å². The van der Waals surface area contributed by atoms with Crippen molar-refractivity contribution in [3.63, 3.8) is 0 Å². The summed E-state index contributed by atoms with van der Waals surface area (Å²) in [5, 5.41) is 14.8. The Morgan fingerprint density at radius 1 is 1.53 bits per heavy atom. The van der Waals surface area contributed by atoms with Gasteiger partial charge in [-0.05, 0) is 31.6 Å². The number of carbonyl (C=O) groups excluding carboxylic acids is 1. The molecule has 1 aliphatic carbocycles. The average Bonchev–Trinajstić information content (AvgIpc) is 3.04. The Balaban J connectivity index is 1.87. The molecule has 0 aliphatic heterocycles. The second-order valence-electron chi connectivity index (χ2n) is 4.44. The maximum absolute atomic E-state index is 11.3. The van der Waals surface area contributed by atoms with Crippen LogP contribution in [0.5, 0.6) is 0 Å². The fourth-order valence-corrected chi connectivity index (χ4v) is 1.36. The molecule has 1 saturated carbocycles. The number of carbonyl (C=O) groups is 1. The molecular formula is C11H22N2O2. The molecule has 15 heavy (non-hydrogen) atoms. The maximum Gasteiger partial charge on any atom is 0.233 e. The molecule has 1 unspecified atom stereocenters. The number of nitrogens with one attached hydrogen (secondary N) is 2. The summed E-state index contributed by atoms with van der Waals surface area (Å²) in [6.45, 7) is 3.41. The van der Waals surface area contributed by atoms with Crippen LogP contribution in [0, 0.1) is 5.92 Å². The van der Waals surface area contributed by atoms with E-state index in [-0.39, 0.29) is 12.5 Å². The molecule has 0 spiro atoms. The third-order valence-corrected chi connectivity index (χ3v) is 2.64. The largest absolute Gasteiger partial charge is 0.396 e. The minimum absolute atomic E-state index is 0.0820. The molecule has 0 aromatic carbocycles. The molecule has 1 atom stereocenters. The summed E-state index contributed by atoms with van der Waals surface area (Å²) < 4.78 is 0. The van der Waals surface area contributed by atoms with E-state index in [1.807, 2.05) is 6.92 Å². The Hall–Kier alpha value is -0.610. The Morgan fingerprint density at radius 2 is 2.27 bits per heavy atom. The van der Waals surface area contributed by atoms with Crippen LogP contribution in [0.4, 0.5) is 0 Å². The normalized spacial score (nSPS) is 17.5. The maximum atomic E-state index is 11.3. The van der Waals surface area contributed by atoms with E-state index in [9.17, 15) is 4.79 Å². The molecule has 0 saturated heterocycles. The second kappa shape index (κ2) is 6.80. The highest BCUT2D eigenvalue weighted by Gasteiger charge is 2.20.